The van der Waals surface area contributed by atoms with Crippen LogP contribution in [0.4, 0.5) is 17.6 Å². The van der Waals surface area contributed by atoms with E-state index in [1.54, 1.807) is 0 Å². The molecule has 0 fully saturated rings. The van der Waals surface area contributed by atoms with Gasteiger partial charge in [0.15, 0.2) is 0 Å². The largest absolute Gasteiger partial charge is 0.411 e. The minimum Gasteiger partial charge on any atom is -0.370 e. The molecule has 1 aromatic carbocycles. The predicted molar refractivity (Wildman–Crippen MR) is 62.7 cm³/mol. The molecule has 1 atom stereocenters. The van der Waals surface area contributed by atoms with E-state index < -0.39 is 24.6 Å². The van der Waals surface area contributed by atoms with Crippen molar-refractivity contribution < 1.29 is 22.3 Å². The highest BCUT2D eigenvalue weighted by Crippen LogP contribution is 2.19. The summed E-state index contributed by atoms with van der Waals surface area (Å²) in [4.78, 5) is 0. The molecule has 2 N–H and O–H groups in total. The molecule has 0 aromatic heterocycles. The van der Waals surface area contributed by atoms with E-state index in [1.165, 1.54) is 18.2 Å². The fourth-order valence-corrected chi connectivity index (χ4v) is 1.87. The summed E-state index contributed by atoms with van der Waals surface area (Å²) in [5.41, 5.74) is 6.36. The zero-order chi connectivity index (χ0) is 13.8. The van der Waals surface area contributed by atoms with Crippen molar-refractivity contribution in [3.05, 3.63) is 34.1 Å². The average molecular weight is 330 g/mol. The Hall–Kier alpha value is -0.660. The first-order valence-corrected chi connectivity index (χ1v) is 5.91. The molecule has 18 heavy (non-hydrogen) atoms. The van der Waals surface area contributed by atoms with Gasteiger partial charge in [0.25, 0.3) is 0 Å². The molecular weight excluding hydrogens is 318 g/mol. The molecule has 0 aliphatic carbocycles. The van der Waals surface area contributed by atoms with E-state index in [0.717, 1.165) is 5.56 Å². The Balaban J connectivity index is 2.42. The van der Waals surface area contributed by atoms with E-state index in [1.807, 2.05) is 0 Å². The van der Waals surface area contributed by atoms with Crippen LogP contribution in [0.2, 0.25) is 0 Å². The highest BCUT2D eigenvalue weighted by molar-refractivity contribution is 9.10. The normalized spacial score (nSPS) is 13.7. The van der Waals surface area contributed by atoms with E-state index in [2.05, 4.69) is 20.7 Å². The number of hydrogen-bond acceptors (Lipinski definition) is 2. The molecule has 102 valence electrons. The second-order valence-corrected chi connectivity index (χ2v) is 4.68. The van der Waals surface area contributed by atoms with Crippen molar-refractivity contribution in [3.63, 3.8) is 0 Å². The van der Waals surface area contributed by atoms with Crippen molar-refractivity contribution in [1.82, 2.24) is 0 Å². The van der Waals surface area contributed by atoms with Gasteiger partial charge in [-0.25, -0.2) is 4.39 Å². The maximum atomic E-state index is 12.8. The molecule has 7 heteroatoms. The van der Waals surface area contributed by atoms with Gasteiger partial charge in [0.1, 0.15) is 12.4 Å². The molecule has 0 spiro atoms. The van der Waals surface area contributed by atoms with E-state index in [9.17, 15) is 17.6 Å². The number of rotatable bonds is 5. The first kappa shape index (κ1) is 15.4. The highest BCUT2D eigenvalue weighted by Gasteiger charge is 2.27. The first-order chi connectivity index (χ1) is 8.28. The SMILES string of the molecule is NC(COCC(F)(F)F)Cc1ccc(F)cc1Br. The van der Waals surface area contributed by atoms with Crippen LogP contribution < -0.4 is 5.73 Å². The number of ether oxygens (including phenoxy) is 1. The Kier molecular flexibility index (Phi) is 5.55. The molecule has 1 aromatic rings. The molecule has 0 radical (unpaired) electrons. The van der Waals surface area contributed by atoms with Gasteiger partial charge in [0.2, 0.25) is 0 Å². The Morgan fingerprint density at radius 2 is 2.00 bits per heavy atom. The summed E-state index contributed by atoms with van der Waals surface area (Å²) in [6, 6.07) is 3.50. The fraction of sp³-hybridized carbons (Fsp3) is 0.455. The summed E-state index contributed by atoms with van der Waals surface area (Å²) < 4.78 is 53.3. The number of hydrogen-bond donors (Lipinski definition) is 1. The smallest absolute Gasteiger partial charge is 0.370 e. The summed E-state index contributed by atoms with van der Waals surface area (Å²) in [7, 11) is 0. The van der Waals surface area contributed by atoms with Gasteiger partial charge in [-0.05, 0) is 24.1 Å². The number of benzene rings is 1. The summed E-state index contributed by atoms with van der Waals surface area (Å²) in [5, 5.41) is 0. The van der Waals surface area contributed by atoms with Gasteiger partial charge < -0.3 is 10.5 Å². The Morgan fingerprint density at radius 1 is 1.33 bits per heavy atom. The third-order valence-corrected chi connectivity index (χ3v) is 2.83. The summed E-state index contributed by atoms with van der Waals surface area (Å²) in [6.07, 6.45) is -4.05. The van der Waals surface area contributed by atoms with Gasteiger partial charge in [0, 0.05) is 10.5 Å². The van der Waals surface area contributed by atoms with Crippen LogP contribution in [0.1, 0.15) is 5.56 Å². The zero-order valence-electron chi connectivity index (χ0n) is 9.31. The molecule has 0 saturated heterocycles. The van der Waals surface area contributed by atoms with Crippen LogP contribution in [-0.4, -0.2) is 25.4 Å². The van der Waals surface area contributed by atoms with Crippen LogP contribution in [0.25, 0.3) is 0 Å². The van der Waals surface area contributed by atoms with Crippen molar-refractivity contribution in [2.45, 2.75) is 18.6 Å². The summed E-state index contributed by atoms with van der Waals surface area (Å²) in [5.74, 6) is -0.396. The number of alkyl halides is 3. The first-order valence-electron chi connectivity index (χ1n) is 5.12. The molecule has 1 rings (SSSR count). The lowest BCUT2D eigenvalue weighted by atomic mass is 10.1. The minimum absolute atomic E-state index is 0.205. The molecule has 0 heterocycles. The molecule has 2 nitrogen and oxygen atoms in total. The number of nitrogens with two attached hydrogens (primary N) is 1. The van der Waals surface area contributed by atoms with Gasteiger partial charge in [-0.15, -0.1) is 0 Å². The standard InChI is InChI=1S/C11H12BrF4NO/c12-10-4-8(13)2-1-7(10)3-9(17)5-18-6-11(14,15)16/h1-2,4,9H,3,5-6,17H2. The monoisotopic (exact) mass is 329 g/mol. The molecular formula is C11H12BrF4NO. The molecule has 0 aliphatic heterocycles. The van der Waals surface area contributed by atoms with E-state index in [0.29, 0.717) is 10.9 Å². The second-order valence-electron chi connectivity index (χ2n) is 3.83. The minimum atomic E-state index is -4.35. The van der Waals surface area contributed by atoms with Crippen LogP contribution in [0.5, 0.6) is 0 Å². The third-order valence-electron chi connectivity index (χ3n) is 2.09. The van der Waals surface area contributed by atoms with E-state index >= 15 is 0 Å². The van der Waals surface area contributed by atoms with Crippen molar-refractivity contribution in [2.24, 2.45) is 5.73 Å². The predicted octanol–water partition coefficient (Wildman–Crippen LogP) is 3.04. The Morgan fingerprint density at radius 3 is 2.56 bits per heavy atom. The van der Waals surface area contributed by atoms with Crippen LogP contribution in [0, 0.1) is 5.82 Å². The Bertz CT molecular complexity index is 397. The van der Waals surface area contributed by atoms with Gasteiger partial charge in [0.05, 0.1) is 6.61 Å². The van der Waals surface area contributed by atoms with Crippen molar-refractivity contribution in [2.75, 3.05) is 13.2 Å². The van der Waals surface area contributed by atoms with Gasteiger partial charge in [-0.2, -0.15) is 13.2 Å². The van der Waals surface area contributed by atoms with Crippen molar-refractivity contribution >= 4 is 15.9 Å². The fourth-order valence-electron chi connectivity index (χ4n) is 1.35. The van der Waals surface area contributed by atoms with Crippen LogP contribution >= 0.6 is 15.9 Å². The van der Waals surface area contributed by atoms with Gasteiger partial charge in [-0.1, -0.05) is 22.0 Å². The molecule has 0 amide bonds. The lowest BCUT2D eigenvalue weighted by Crippen LogP contribution is -2.31. The van der Waals surface area contributed by atoms with Crippen LogP contribution in [0.3, 0.4) is 0 Å². The molecule has 1 unspecified atom stereocenters. The third kappa shape index (κ3) is 5.79. The lowest BCUT2D eigenvalue weighted by Gasteiger charge is -2.14. The molecule has 0 bridgehead atoms. The van der Waals surface area contributed by atoms with Crippen molar-refractivity contribution in [3.8, 4) is 0 Å². The van der Waals surface area contributed by atoms with E-state index in [-0.39, 0.29) is 6.61 Å². The average Bonchev–Trinajstić information content (AvgIpc) is 2.20. The van der Waals surface area contributed by atoms with E-state index in [4.69, 9.17) is 5.73 Å². The summed E-state index contributed by atoms with van der Waals surface area (Å²) in [6.45, 7) is -1.52. The zero-order valence-corrected chi connectivity index (χ0v) is 10.9. The molecule has 0 saturated carbocycles. The second kappa shape index (κ2) is 6.49. The summed E-state index contributed by atoms with van der Waals surface area (Å²) >= 11 is 3.16. The topological polar surface area (TPSA) is 35.2 Å². The molecule has 0 aliphatic rings. The van der Waals surface area contributed by atoms with Gasteiger partial charge in [-0.3, -0.25) is 0 Å². The maximum absolute atomic E-state index is 12.8. The number of halogens is 5. The maximum Gasteiger partial charge on any atom is 0.411 e. The quantitative estimate of drug-likeness (QED) is 0.843. The van der Waals surface area contributed by atoms with Crippen LogP contribution in [0.15, 0.2) is 22.7 Å². The van der Waals surface area contributed by atoms with Crippen molar-refractivity contribution in [1.29, 1.82) is 0 Å². The lowest BCUT2D eigenvalue weighted by molar-refractivity contribution is -0.174. The van der Waals surface area contributed by atoms with Gasteiger partial charge >= 0.3 is 6.18 Å². The highest BCUT2D eigenvalue weighted by atomic mass is 79.9. The van der Waals surface area contributed by atoms with Crippen LogP contribution in [-0.2, 0) is 11.2 Å². The Labute approximate surface area is 110 Å².